The van der Waals surface area contributed by atoms with Crippen LogP contribution in [0.3, 0.4) is 0 Å². The number of benzene rings is 2. The third-order valence-corrected chi connectivity index (χ3v) is 5.19. The number of hydrogen-bond donors (Lipinski definition) is 3. The fourth-order valence-electron chi connectivity index (χ4n) is 2.54. The molecular weight excluding hydrogens is 362 g/mol. The van der Waals surface area contributed by atoms with Gasteiger partial charge in [0.2, 0.25) is 5.95 Å². The van der Waals surface area contributed by atoms with Crippen LogP contribution >= 0.6 is 0 Å². The van der Waals surface area contributed by atoms with Crippen LogP contribution in [0, 0.1) is 13.8 Å². The summed E-state index contributed by atoms with van der Waals surface area (Å²) in [7, 11) is -3.75. The first kappa shape index (κ1) is 18.7. The molecule has 0 aliphatic rings. The van der Waals surface area contributed by atoms with Crippen molar-refractivity contribution in [3.63, 3.8) is 0 Å². The fraction of sp³-hybridized carbons (Fsp3) is 0.158. The van der Waals surface area contributed by atoms with E-state index in [1.165, 1.54) is 12.1 Å². The molecular formula is C19H21N5O2S. The predicted octanol–water partition coefficient (Wildman–Crippen LogP) is 3.09. The summed E-state index contributed by atoms with van der Waals surface area (Å²) in [5.41, 5.74) is 9.67. The van der Waals surface area contributed by atoms with Gasteiger partial charge in [-0.2, -0.15) is 0 Å². The van der Waals surface area contributed by atoms with E-state index in [9.17, 15) is 8.42 Å². The number of nitrogens with zero attached hydrogens (tertiary/aromatic N) is 2. The Hall–Kier alpha value is -3.13. The molecule has 0 spiro atoms. The molecule has 140 valence electrons. The van der Waals surface area contributed by atoms with Gasteiger partial charge in [0.05, 0.1) is 4.90 Å². The summed E-state index contributed by atoms with van der Waals surface area (Å²) in [5, 5.41) is 3.24. The summed E-state index contributed by atoms with van der Waals surface area (Å²) in [5.74, 6) is 0.0676. The van der Waals surface area contributed by atoms with Crippen molar-refractivity contribution in [3.05, 3.63) is 71.5 Å². The SMILES string of the molecule is Cc1cc(C)nc(NS(=O)(=O)c2ccc(NCc3ccc(N)cc3)cc2)n1. The van der Waals surface area contributed by atoms with Crippen LogP contribution in [-0.4, -0.2) is 18.4 Å². The second-order valence-corrected chi connectivity index (χ2v) is 7.88. The van der Waals surface area contributed by atoms with E-state index in [1.54, 1.807) is 32.0 Å². The van der Waals surface area contributed by atoms with Gasteiger partial charge in [-0.15, -0.1) is 0 Å². The Bertz CT molecular complexity index is 1010. The molecule has 0 aliphatic heterocycles. The second kappa shape index (κ2) is 7.63. The molecule has 2 aromatic carbocycles. The third-order valence-electron chi connectivity index (χ3n) is 3.85. The van der Waals surface area contributed by atoms with Crippen molar-refractivity contribution in [2.45, 2.75) is 25.3 Å². The number of nitrogens with two attached hydrogens (primary N) is 1. The van der Waals surface area contributed by atoms with Gasteiger partial charge in [-0.3, -0.25) is 0 Å². The van der Waals surface area contributed by atoms with E-state index >= 15 is 0 Å². The second-order valence-electron chi connectivity index (χ2n) is 6.20. The largest absolute Gasteiger partial charge is 0.399 e. The Balaban J connectivity index is 1.68. The van der Waals surface area contributed by atoms with E-state index in [4.69, 9.17) is 5.73 Å². The van der Waals surface area contributed by atoms with Gasteiger partial charge in [-0.05, 0) is 61.9 Å². The van der Waals surface area contributed by atoms with Crippen molar-refractivity contribution in [2.24, 2.45) is 0 Å². The highest BCUT2D eigenvalue weighted by Gasteiger charge is 2.16. The highest BCUT2D eigenvalue weighted by atomic mass is 32.2. The topological polar surface area (TPSA) is 110 Å². The molecule has 3 aromatic rings. The lowest BCUT2D eigenvalue weighted by atomic mass is 10.2. The quantitative estimate of drug-likeness (QED) is 0.564. The lowest BCUT2D eigenvalue weighted by Gasteiger charge is -2.10. The van der Waals surface area contributed by atoms with Crippen LogP contribution in [0.1, 0.15) is 17.0 Å². The monoisotopic (exact) mass is 383 g/mol. The van der Waals surface area contributed by atoms with Crippen LogP contribution in [0.5, 0.6) is 0 Å². The van der Waals surface area contributed by atoms with Gasteiger partial charge in [0.25, 0.3) is 10.0 Å². The van der Waals surface area contributed by atoms with Crippen LogP contribution in [0.2, 0.25) is 0 Å². The van der Waals surface area contributed by atoms with Crippen LogP contribution in [0.15, 0.2) is 59.5 Å². The Morgan fingerprint density at radius 2 is 1.52 bits per heavy atom. The van der Waals surface area contributed by atoms with E-state index in [0.29, 0.717) is 23.6 Å². The average Bonchev–Trinajstić information content (AvgIpc) is 2.60. The number of nitrogen functional groups attached to an aromatic ring is 1. The van der Waals surface area contributed by atoms with E-state index in [0.717, 1.165) is 11.3 Å². The number of sulfonamides is 1. The molecule has 4 N–H and O–H groups in total. The third kappa shape index (κ3) is 4.95. The lowest BCUT2D eigenvalue weighted by Crippen LogP contribution is -2.15. The molecule has 0 saturated carbocycles. The lowest BCUT2D eigenvalue weighted by molar-refractivity contribution is 0.601. The molecule has 7 nitrogen and oxygen atoms in total. The van der Waals surface area contributed by atoms with Crippen LogP contribution in [0.4, 0.5) is 17.3 Å². The van der Waals surface area contributed by atoms with E-state index in [1.807, 2.05) is 24.3 Å². The molecule has 0 aliphatic carbocycles. The molecule has 0 amide bonds. The number of aromatic nitrogens is 2. The van der Waals surface area contributed by atoms with Gasteiger partial charge in [0, 0.05) is 29.3 Å². The molecule has 0 atom stereocenters. The van der Waals surface area contributed by atoms with Gasteiger partial charge >= 0.3 is 0 Å². The van der Waals surface area contributed by atoms with Gasteiger partial charge in [0.1, 0.15) is 0 Å². The fourth-order valence-corrected chi connectivity index (χ4v) is 3.49. The van der Waals surface area contributed by atoms with Crippen LogP contribution in [0.25, 0.3) is 0 Å². The van der Waals surface area contributed by atoms with Crippen molar-refractivity contribution in [2.75, 3.05) is 15.8 Å². The molecule has 0 saturated heterocycles. The molecule has 27 heavy (non-hydrogen) atoms. The molecule has 0 unspecified atom stereocenters. The van der Waals surface area contributed by atoms with E-state index < -0.39 is 10.0 Å². The Labute approximate surface area is 158 Å². The minimum atomic E-state index is -3.75. The van der Waals surface area contributed by atoms with Crippen molar-refractivity contribution in [3.8, 4) is 0 Å². The van der Waals surface area contributed by atoms with Crippen LogP contribution < -0.4 is 15.8 Å². The van der Waals surface area contributed by atoms with E-state index in [-0.39, 0.29) is 10.8 Å². The zero-order valence-electron chi connectivity index (χ0n) is 15.1. The van der Waals surface area contributed by atoms with Crippen molar-refractivity contribution in [1.82, 2.24) is 9.97 Å². The number of rotatable bonds is 6. The molecule has 1 heterocycles. The summed E-state index contributed by atoms with van der Waals surface area (Å²) < 4.78 is 27.5. The molecule has 3 rings (SSSR count). The normalized spacial score (nSPS) is 11.2. The van der Waals surface area contributed by atoms with Gasteiger partial charge in [-0.1, -0.05) is 12.1 Å². The molecule has 0 bridgehead atoms. The van der Waals surface area contributed by atoms with Crippen molar-refractivity contribution < 1.29 is 8.42 Å². The summed E-state index contributed by atoms with van der Waals surface area (Å²) in [6.07, 6.45) is 0. The molecule has 1 aromatic heterocycles. The molecule has 8 heteroatoms. The van der Waals surface area contributed by atoms with Gasteiger partial charge in [-0.25, -0.2) is 23.1 Å². The van der Waals surface area contributed by atoms with Gasteiger partial charge in [0.15, 0.2) is 0 Å². The number of nitrogens with one attached hydrogen (secondary N) is 2. The molecule has 0 radical (unpaired) electrons. The smallest absolute Gasteiger partial charge is 0.264 e. The maximum Gasteiger partial charge on any atom is 0.264 e. The highest BCUT2D eigenvalue weighted by molar-refractivity contribution is 7.92. The first-order chi connectivity index (χ1) is 12.8. The Morgan fingerprint density at radius 3 is 2.11 bits per heavy atom. The van der Waals surface area contributed by atoms with Crippen molar-refractivity contribution in [1.29, 1.82) is 0 Å². The van der Waals surface area contributed by atoms with Crippen molar-refractivity contribution >= 4 is 27.3 Å². The zero-order valence-corrected chi connectivity index (χ0v) is 15.9. The van der Waals surface area contributed by atoms with E-state index in [2.05, 4.69) is 20.0 Å². The standard InChI is InChI=1S/C19H21N5O2S/c1-13-11-14(2)23-19(22-13)24-27(25,26)18-9-7-17(8-10-18)21-12-15-3-5-16(20)6-4-15/h3-11,21H,12,20H2,1-2H3,(H,22,23,24). The Morgan fingerprint density at radius 1 is 0.926 bits per heavy atom. The maximum atomic E-state index is 12.5. The predicted molar refractivity (Wildman–Crippen MR) is 107 cm³/mol. The van der Waals surface area contributed by atoms with Gasteiger partial charge < -0.3 is 11.1 Å². The molecule has 0 fully saturated rings. The number of aryl methyl sites for hydroxylation is 2. The summed E-state index contributed by atoms with van der Waals surface area (Å²) in [6, 6.07) is 15.8. The summed E-state index contributed by atoms with van der Waals surface area (Å²) in [4.78, 5) is 8.36. The zero-order chi connectivity index (χ0) is 19.4. The summed E-state index contributed by atoms with van der Waals surface area (Å²) >= 11 is 0. The average molecular weight is 383 g/mol. The minimum Gasteiger partial charge on any atom is -0.399 e. The maximum absolute atomic E-state index is 12.5. The first-order valence-corrected chi connectivity index (χ1v) is 9.84. The highest BCUT2D eigenvalue weighted by Crippen LogP contribution is 2.18. The number of anilines is 3. The van der Waals surface area contributed by atoms with Crippen LogP contribution in [-0.2, 0) is 16.6 Å². The summed E-state index contributed by atoms with van der Waals surface area (Å²) in [6.45, 7) is 4.18. The first-order valence-electron chi connectivity index (χ1n) is 8.35. The number of hydrogen-bond acceptors (Lipinski definition) is 6. The Kier molecular flexibility index (Phi) is 5.27. The minimum absolute atomic E-state index is 0.0676.